The van der Waals surface area contributed by atoms with Gasteiger partial charge in [0.15, 0.2) is 11.6 Å². The number of hydrogen-bond donors (Lipinski definition) is 1. The molecule has 100 valence electrons. The van der Waals surface area contributed by atoms with Gasteiger partial charge in [-0.2, -0.15) is 0 Å². The first-order chi connectivity index (χ1) is 8.54. The van der Waals surface area contributed by atoms with E-state index in [0.717, 1.165) is 17.7 Å². The molecule has 1 aromatic carbocycles. The third-order valence-corrected chi connectivity index (χ3v) is 2.70. The van der Waals surface area contributed by atoms with Gasteiger partial charge in [-0.25, -0.2) is 4.39 Å². The molecular formula is C15H22FNO. The van der Waals surface area contributed by atoms with Crippen LogP contribution in [0.5, 0.6) is 5.75 Å². The second kappa shape index (κ2) is 7.17. The summed E-state index contributed by atoms with van der Waals surface area (Å²) in [5.41, 5.74) is 2.09. The first-order valence-corrected chi connectivity index (χ1v) is 6.33. The molecule has 0 saturated heterocycles. The first-order valence-electron chi connectivity index (χ1n) is 6.33. The zero-order chi connectivity index (χ0) is 13.5. The van der Waals surface area contributed by atoms with Crippen LogP contribution in [0, 0.1) is 5.82 Å². The molecule has 1 atom stereocenters. The van der Waals surface area contributed by atoms with Crippen LogP contribution in [0.15, 0.2) is 29.8 Å². The molecule has 1 unspecified atom stereocenters. The van der Waals surface area contributed by atoms with Gasteiger partial charge in [-0.3, -0.25) is 0 Å². The van der Waals surface area contributed by atoms with Gasteiger partial charge in [0.25, 0.3) is 0 Å². The Kier molecular flexibility index (Phi) is 5.86. The molecule has 0 bridgehead atoms. The number of ether oxygens (including phenoxy) is 1. The maximum atomic E-state index is 13.8. The van der Waals surface area contributed by atoms with Crippen LogP contribution < -0.4 is 10.1 Å². The van der Waals surface area contributed by atoms with E-state index in [-0.39, 0.29) is 11.9 Å². The molecule has 0 radical (unpaired) electrons. The Labute approximate surface area is 109 Å². The summed E-state index contributed by atoms with van der Waals surface area (Å²) < 4.78 is 19.2. The molecule has 0 heterocycles. The number of rotatable bonds is 6. The van der Waals surface area contributed by atoms with Gasteiger partial charge in [-0.15, -0.1) is 0 Å². The number of hydrogen-bond acceptors (Lipinski definition) is 2. The van der Waals surface area contributed by atoms with E-state index in [4.69, 9.17) is 4.74 Å². The summed E-state index contributed by atoms with van der Waals surface area (Å²) in [4.78, 5) is 0. The molecule has 0 aliphatic rings. The maximum Gasteiger partial charge on any atom is 0.165 e. The summed E-state index contributed by atoms with van der Waals surface area (Å²) in [5.74, 6) is -0.000595. The Hall–Kier alpha value is -1.35. The molecular weight excluding hydrogens is 229 g/mol. The summed E-state index contributed by atoms with van der Waals surface area (Å²) >= 11 is 0. The average Bonchev–Trinajstić information content (AvgIpc) is 2.31. The highest BCUT2D eigenvalue weighted by molar-refractivity contribution is 5.31. The van der Waals surface area contributed by atoms with Crippen molar-refractivity contribution in [1.82, 2.24) is 5.32 Å². The van der Waals surface area contributed by atoms with Crippen molar-refractivity contribution in [1.29, 1.82) is 0 Å². The van der Waals surface area contributed by atoms with Crippen LogP contribution in [0.2, 0.25) is 0 Å². The normalized spacial score (nSPS) is 12.1. The van der Waals surface area contributed by atoms with Gasteiger partial charge in [0.05, 0.1) is 0 Å². The highest BCUT2D eigenvalue weighted by atomic mass is 19.1. The highest BCUT2D eigenvalue weighted by Crippen LogP contribution is 2.22. The van der Waals surface area contributed by atoms with Crippen LogP contribution in [0.4, 0.5) is 4.39 Å². The van der Waals surface area contributed by atoms with Gasteiger partial charge >= 0.3 is 0 Å². The lowest BCUT2D eigenvalue weighted by molar-refractivity contribution is 0.340. The molecule has 1 N–H and O–H groups in total. The van der Waals surface area contributed by atoms with Crippen molar-refractivity contribution in [2.45, 2.75) is 33.7 Å². The van der Waals surface area contributed by atoms with Crippen molar-refractivity contribution in [3.05, 3.63) is 41.2 Å². The fourth-order valence-electron chi connectivity index (χ4n) is 1.63. The zero-order valence-corrected chi connectivity index (χ0v) is 11.6. The number of halogens is 1. The van der Waals surface area contributed by atoms with Gasteiger partial charge < -0.3 is 10.1 Å². The molecule has 0 amide bonds. The summed E-state index contributed by atoms with van der Waals surface area (Å²) in [5, 5.41) is 3.25. The molecule has 0 aliphatic carbocycles. The molecule has 3 heteroatoms. The topological polar surface area (TPSA) is 21.3 Å². The summed E-state index contributed by atoms with van der Waals surface area (Å²) in [6.07, 6.45) is 1.93. The van der Waals surface area contributed by atoms with Gasteiger partial charge in [0, 0.05) is 6.04 Å². The van der Waals surface area contributed by atoms with Crippen LogP contribution in [0.3, 0.4) is 0 Å². The first kappa shape index (κ1) is 14.7. The van der Waals surface area contributed by atoms with E-state index in [0.29, 0.717) is 12.4 Å². The van der Waals surface area contributed by atoms with Crippen molar-refractivity contribution in [3.63, 3.8) is 0 Å². The Morgan fingerprint density at radius 3 is 2.72 bits per heavy atom. The van der Waals surface area contributed by atoms with Crippen LogP contribution in [-0.2, 0) is 0 Å². The van der Waals surface area contributed by atoms with Crippen molar-refractivity contribution in [2.24, 2.45) is 0 Å². The quantitative estimate of drug-likeness (QED) is 0.776. The van der Waals surface area contributed by atoms with E-state index in [9.17, 15) is 4.39 Å². The zero-order valence-electron chi connectivity index (χ0n) is 11.6. The molecule has 18 heavy (non-hydrogen) atoms. The lowest BCUT2D eigenvalue weighted by atomic mass is 10.1. The third-order valence-electron chi connectivity index (χ3n) is 2.70. The number of allylic oxidation sites excluding steroid dienone is 1. The van der Waals surface area contributed by atoms with Crippen LogP contribution in [0.1, 0.15) is 39.3 Å². The van der Waals surface area contributed by atoms with Gasteiger partial charge in [-0.05, 0) is 51.1 Å². The monoisotopic (exact) mass is 251 g/mol. The molecule has 0 fully saturated rings. The van der Waals surface area contributed by atoms with E-state index < -0.39 is 0 Å². The Balaban J connectivity index is 2.70. The highest BCUT2D eigenvalue weighted by Gasteiger charge is 2.08. The third kappa shape index (κ3) is 4.49. The summed E-state index contributed by atoms with van der Waals surface area (Å²) in [6, 6.07) is 5.27. The minimum atomic E-state index is -0.306. The van der Waals surface area contributed by atoms with Gasteiger partial charge in [-0.1, -0.05) is 18.6 Å². The minimum Gasteiger partial charge on any atom is -0.486 e. The van der Waals surface area contributed by atoms with Crippen LogP contribution in [-0.4, -0.2) is 13.2 Å². The van der Waals surface area contributed by atoms with Crippen molar-refractivity contribution >= 4 is 0 Å². The largest absolute Gasteiger partial charge is 0.486 e. The summed E-state index contributed by atoms with van der Waals surface area (Å²) in [6.45, 7) is 9.29. The van der Waals surface area contributed by atoms with E-state index in [2.05, 4.69) is 5.32 Å². The number of benzene rings is 1. The SMILES string of the molecule is CCNC(C)c1ccc(OCC=C(C)C)c(F)c1. The second-order valence-electron chi connectivity index (χ2n) is 4.56. The smallest absolute Gasteiger partial charge is 0.165 e. The standard InChI is InChI=1S/C15H22FNO/c1-5-17-12(4)13-6-7-15(14(16)10-13)18-9-8-11(2)3/h6-8,10,12,17H,5,9H2,1-4H3. The number of nitrogens with one attached hydrogen (secondary N) is 1. The molecule has 0 aromatic heterocycles. The van der Waals surface area contributed by atoms with Crippen molar-refractivity contribution in [3.8, 4) is 5.75 Å². The van der Waals surface area contributed by atoms with E-state index in [1.54, 1.807) is 6.07 Å². The van der Waals surface area contributed by atoms with Crippen LogP contribution >= 0.6 is 0 Å². The van der Waals surface area contributed by atoms with Crippen molar-refractivity contribution < 1.29 is 9.13 Å². The minimum absolute atomic E-state index is 0.149. The van der Waals surface area contributed by atoms with E-state index in [1.165, 1.54) is 6.07 Å². The molecule has 1 rings (SSSR count). The van der Waals surface area contributed by atoms with Crippen molar-refractivity contribution in [2.75, 3.05) is 13.2 Å². The average molecular weight is 251 g/mol. The predicted octanol–water partition coefficient (Wildman–Crippen LogP) is 3.84. The van der Waals surface area contributed by atoms with Gasteiger partial charge in [0.1, 0.15) is 6.61 Å². The Bertz CT molecular complexity index is 411. The Morgan fingerprint density at radius 2 is 2.17 bits per heavy atom. The molecule has 0 spiro atoms. The Morgan fingerprint density at radius 1 is 1.44 bits per heavy atom. The molecule has 2 nitrogen and oxygen atoms in total. The lowest BCUT2D eigenvalue weighted by Gasteiger charge is -2.14. The fourth-order valence-corrected chi connectivity index (χ4v) is 1.63. The molecule has 0 aliphatic heterocycles. The lowest BCUT2D eigenvalue weighted by Crippen LogP contribution is -2.17. The predicted molar refractivity (Wildman–Crippen MR) is 73.4 cm³/mol. The van der Waals surface area contributed by atoms with Gasteiger partial charge in [0.2, 0.25) is 0 Å². The fraction of sp³-hybridized carbons (Fsp3) is 0.467. The molecule has 1 aromatic rings. The summed E-state index contributed by atoms with van der Waals surface area (Å²) in [7, 11) is 0. The van der Waals surface area contributed by atoms with E-state index >= 15 is 0 Å². The van der Waals surface area contributed by atoms with E-state index in [1.807, 2.05) is 39.8 Å². The van der Waals surface area contributed by atoms with Crippen LogP contribution in [0.25, 0.3) is 0 Å². The molecule has 0 saturated carbocycles. The maximum absolute atomic E-state index is 13.8. The second-order valence-corrected chi connectivity index (χ2v) is 4.56.